The molecule has 0 aliphatic carbocycles. The smallest absolute Gasteiger partial charge is 0.143 e. The fourth-order valence-electron chi connectivity index (χ4n) is 1.39. The van der Waals surface area contributed by atoms with Crippen LogP contribution in [0, 0.1) is 5.92 Å². The summed E-state index contributed by atoms with van der Waals surface area (Å²) in [6, 6.07) is 2.97. The van der Waals surface area contributed by atoms with Crippen molar-refractivity contribution >= 4 is 31.9 Å². The molecule has 2 atom stereocenters. The molecule has 1 rings (SSSR count). The Bertz CT molecular complexity index is 359. The zero-order chi connectivity index (χ0) is 12.5. The van der Waals surface area contributed by atoms with Gasteiger partial charge in [0.15, 0.2) is 0 Å². The normalized spacial score (nSPS) is 15.2. The number of benzene rings is 1. The number of aromatic hydroxyl groups is 1. The molecular weight excluding hydrogens is 338 g/mol. The highest BCUT2D eigenvalue weighted by molar-refractivity contribution is 9.11. The lowest BCUT2D eigenvalue weighted by Crippen LogP contribution is -2.30. The van der Waals surface area contributed by atoms with Crippen molar-refractivity contribution in [3.8, 4) is 5.75 Å². The third-order valence-corrected chi connectivity index (χ3v) is 3.68. The third kappa shape index (κ3) is 2.97. The van der Waals surface area contributed by atoms with Gasteiger partial charge in [0, 0.05) is 0 Å². The number of phenolic OH excluding ortho intramolecular Hbond substituents is 1. The van der Waals surface area contributed by atoms with Crippen LogP contribution in [0.4, 0.5) is 0 Å². The van der Waals surface area contributed by atoms with Crippen LogP contribution in [-0.4, -0.2) is 16.3 Å². The maximum atomic E-state index is 9.88. The Morgan fingerprint density at radius 3 is 2.00 bits per heavy atom. The molecule has 0 saturated heterocycles. The van der Waals surface area contributed by atoms with E-state index in [-0.39, 0.29) is 11.7 Å². The molecule has 0 saturated carbocycles. The van der Waals surface area contributed by atoms with Gasteiger partial charge in [-0.15, -0.1) is 0 Å². The van der Waals surface area contributed by atoms with E-state index in [0.717, 1.165) is 5.56 Å². The summed E-state index contributed by atoms with van der Waals surface area (Å²) in [6.07, 6.45) is -0.608. The molecule has 0 amide bonds. The predicted molar refractivity (Wildman–Crippen MR) is 71.3 cm³/mol. The van der Waals surface area contributed by atoms with Crippen molar-refractivity contribution in [3.63, 3.8) is 0 Å². The molecule has 3 nitrogen and oxygen atoms in total. The molecule has 4 N–H and O–H groups in total. The van der Waals surface area contributed by atoms with Crippen molar-refractivity contribution in [3.05, 3.63) is 26.6 Å². The number of hydrogen-bond acceptors (Lipinski definition) is 3. The van der Waals surface area contributed by atoms with Gasteiger partial charge in [-0.3, -0.25) is 0 Å². The van der Waals surface area contributed by atoms with Gasteiger partial charge in [0.2, 0.25) is 0 Å². The second-order valence-corrected chi connectivity index (χ2v) is 5.80. The highest BCUT2D eigenvalue weighted by atomic mass is 79.9. The van der Waals surface area contributed by atoms with Gasteiger partial charge in [-0.1, -0.05) is 13.8 Å². The summed E-state index contributed by atoms with van der Waals surface area (Å²) in [5, 5.41) is 19.4. The first kappa shape index (κ1) is 14.0. The Morgan fingerprint density at radius 2 is 1.62 bits per heavy atom. The zero-order valence-corrected chi connectivity index (χ0v) is 12.3. The first-order chi connectivity index (χ1) is 7.34. The quantitative estimate of drug-likeness (QED) is 0.783. The molecule has 16 heavy (non-hydrogen) atoms. The molecule has 0 fully saturated rings. The summed E-state index contributed by atoms with van der Waals surface area (Å²) in [7, 11) is 0. The maximum absolute atomic E-state index is 9.88. The van der Waals surface area contributed by atoms with Crippen LogP contribution in [0.25, 0.3) is 0 Å². The van der Waals surface area contributed by atoms with Gasteiger partial charge in [0.1, 0.15) is 5.75 Å². The van der Waals surface area contributed by atoms with Crippen LogP contribution in [0.2, 0.25) is 0 Å². The van der Waals surface area contributed by atoms with E-state index in [2.05, 4.69) is 31.9 Å². The summed E-state index contributed by atoms with van der Waals surface area (Å²) in [4.78, 5) is 0. The van der Waals surface area contributed by atoms with E-state index in [1.807, 2.05) is 13.8 Å². The Balaban J connectivity index is 3.05. The van der Waals surface area contributed by atoms with Crippen LogP contribution < -0.4 is 5.73 Å². The van der Waals surface area contributed by atoms with Crippen molar-refractivity contribution in [1.29, 1.82) is 0 Å². The fourth-order valence-corrected chi connectivity index (χ4v) is 2.61. The van der Waals surface area contributed by atoms with Crippen LogP contribution in [0.5, 0.6) is 5.75 Å². The standard InChI is InChI=1S/C11H15Br2NO2/c1-5(2)10(15)9(14)6-3-7(12)11(16)8(13)4-6/h3-5,9-10,15-16H,14H2,1-2H3/t9-,10+/m0/s1. The van der Waals surface area contributed by atoms with E-state index in [9.17, 15) is 10.2 Å². The van der Waals surface area contributed by atoms with E-state index in [1.165, 1.54) is 0 Å². The second kappa shape index (κ2) is 5.49. The van der Waals surface area contributed by atoms with Crippen molar-refractivity contribution in [2.75, 3.05) is 0 Å². The molecule has 1 aromatic carbocycles. The molecule has 0 bridgehead atoms. The minimum Gasteiger partial charge on any atom is -0.506 e. The molecule has 0 aromatic heterocycles. The highest BCUT2D eigenvalue weighted by Crippen LogP contribution is 2.35. The number of aliphatic hydroxyl groups is 1. The van der Waals surface area contributed by atoms with Crippen LogP contribution in [0.1, 0.15) is 25.5 Å². The molecule has 0 aliphatic heterocycles. The van der Waals surface area contributed by atoms with Crippen molar-refractivity contribution in [1.82, 2.24) is 0 Å². The average Bonchev–Trinajstić information content (AvgIpc) is 2.22. The SMILES string of the molecule is CC(C)[C@@H](O)[C@@H](N)c1cc(Br)c(O)c(Br)c1. The minimum atomic E-state index is -0.608. The Morgan fingerprint density at radius 1 is 1.19 bits per heavy atom. The van der Waals surface area contributed by atoms with E-state index in [0.29, 0.717) is 8.95 Å². The molecule has 1 aromatic rings. The Kier molecular flexibility index (Phi) is 4.79. The van der Waals surface area contributed by atoms with Gasteiger partial charge < -0.3 is 15.9 Å². The van der Waals surface area contributed by atoms with Crippen LogP contribution in [0.15, 0.2) is 21.1 Å². The number of hydrogen-bond donors (Lipinski definition) is 3. The lowest BCUT2D eigenvalue weighted by atomic mass is 9.94. The largest absolute Gasteiger partial charge is 0.506 e. The Hall–Kier alpha value is -0.100. The van der Waals surface area contributed by atoms with Gasteiger partial charge in [-0.25, -0.2) is 0 Å². The number of phenols is 1. The zero-order valence-electron chi connectivity index (χ0n) is 9.11. The van der Waals surface area contributed by atoms with Crippen molar-refractivity contribution < 1.29 is 10.2 Å². The molecule has 0 aliphatic rings. The van der Waals surface area contributed by atoms with E-state index < -0.39 is 12.1 Å². The van der Waals surface area contributed by atoms with E-state index in [1.54, 1.807) is 12.1 Å². The summed E-state index contributed by atoms with van der Waals surface area (Å²) in [5.41, 5.74) is 6.73. The molecule has 0 unspecified atom stereocenters. The number of halogens is 2. The molecule has 0 spiro atoms. The number of aliphatic hydroxyl groups excluding tert-OH is 1. The number of rotatable bonds is 3. The topological polar surface area (TPSA) is 66.5 Å². The summed E-state index contributed by atoms with van der Waals surface area (Å²) in [6.45, 7) is 3.82. The molecule has 0 heterocycles. The summed E-state index contributed by atoms with van der Waals surface area (Å²) in [5.74, 6) is 0.219. The first-order valence-corrected chi connectivity index (χ1v) is 6.54. The average molecular weight is 353 g/mol. The monoisotopic (exact) mass is 351 g/mol. The predicted octanol–water partition coefficient (Wildman–Crippen LogP) is 2.93. The van der Waals surface area contributed by atoms with Crippen LogP contribution >= 0.6 is 31.9 Å². The van der Waals surface area contributed by atoms with Gasteiger partial charge in [0.25, 0.3) is 0 Å². The highest BCUT2D eigenvalue weighted by Gasteiger charge is 2.21. The Labute approximate surface area is 112 Å². The van der Waals surface area contributed by atoms with Gasteiger partial charge >= 0.3 is 0 Å². The van der Waals surface area contributed by atoms with Gasteiger partial charge in [-0.05, 0) is 55.5 Å². The van der Waals surface area contributed by atoms with Crippen LogP contribution in [-0.2, 0) is 0 Å². The van der Waals surface area contributed by atoms with Gasteiger partial charge in [-0.2, -0.15) is 0 Å². The number of nitrogens with two attached hydrogens (primary N) is 1. The van der Waals surface area contributed by atoms with Crippen molar-refractivity contribution in [2.45, 2.75) is 26.0 Å². The lowest BCUT2D eigenvalue weighted by molar-refractivity contribution is 0.0979. The maximum Gasteiger partial charge on any atom is 0.143 e. The first-order valence-electron chi connectivity index (χ1n) is 4.96. The fraction of sp³-hybridized carbons (Fsp3) is 0.455. The molecule has 90 valence electrons. The molecule has 0 radical (unpaired) electrons. The molecular formula is C11H15Br2NO2. The van der Waals surface area contributed by atoms with Gasteiger partial charge in [0.05, 0.1) is 21.1 Å². The van der Waals surface area contributed by atoms with E-state index in [4.69, 9.17) is 5.73 Å². The lowest BCUT2D eigenvalue weighted by Gasteiger charge is -2.23. The summed E-state index contributed by atoms with van der Waals surface area (Å²) >= 11 is 6.47. The minimum absolute atomic E-state index is 0.0846. The van der Waals surface area contributed by atoms with Crippen LogP contribution in [0.3, 0.4) is 0 Å². The van der Waals surface area contributed by atoms with E-state index >= 15 is 0 Å². The summed E-state index contributed by atoms with van der Waals surface area (Å²) < 4.78 is 1.12. The van der Waals surface area contributed by atoms with Crippen molar-refractivity contribution in [2.24, 2.45) is 11.7 Å². The molecule has 5 heteroatoms. The third-order valence-electron chi connectivity index (χ3n) is 2.48. The second-order valence-electron chi connectivity index (χ2n) is 4.09.